The van der Waals surface area contributed by atoms with Gasteiger partial charge in [0.15, 0.2) is 0 Å². The minimum absolute atomic E-state index is 0.163. The quantitative estimate of drug-likeness (QED) is 0.847. The Labute approximate surface area is 148 Å². The molecule has 2 aromatic rings. The normalized spacial score (nSPS) is 15.8. The van der Waals surface area contributed by atoms with Crippen molar-refractivity contribution in [2.45, 2.75) is 25.2 Å². The van der Waals surface area contributed by atoms with Crippen molar-refractivity contribution in [3.63, 3.8) is 0 Å². The summed E-state index contributed by atoms with van der Waals surface area (Å²) in [5.41, 5.74) is 8.85. The van der Waals surface area contributed by atoms with Crippen molar-refractivity contribution < 1.29 is 9.59 Å². The number of carbonyl (C=O) groups is 2. The van der Waals surface area contributed by atoms with E-state index in [4.69, 9.17) is 0 Å². The van der Waals surface area contributed by atoms with Crippen molar-refractivity contribution in [1.29, 1.82) is 0 Å². The topological polar surface area (TPSA) is 61.4 Å². The number of fused-ring (bicyclic) bond motifs is 1. The molecule has 2 amide bonds. The Balaban J connectivity index is 1.65. The molecule has 0 heterocycles. The van der Waals surface area contributed by atoms with Gasteiger partial charge < -0.3 is 4.90 Å². The first-order chi connectivity index (χ1) is 12.1. The molecule has 0 fully saturated rings. The lowest BCUT2D eigenvalue weighted by molar-refractivity contribution is -0.123. The molecule has 0 radical (unpaired) electrons. The molecule has 2 N–H and O–H groups in total. The number of benzene rings is 2. The highest BCUT2D eigenvalue weighted by atomic mass is 16.2. The van der Waals surface area contributed by atoms with Crippen LogP contribution in [0.3, 0.4) is 0 Å². The largest absolute Gasteiger partial charge is 0.378 e. The van der Waals surface area contributed by atoms with Gasteiger partial charge in [-0.1, -0.05) is 30.3 Å². The Morgan fingerprint density at radius 3 is 2.64 bits per heavy atom. The predicted octanol–water partition coefficient (Wildman–Crippen LogP) is 2.63. The van der Waals surface area contributed by atoms with Crippen molar-refractivity contribution >= 4 is 17.5 Å². The maximum absolute atomic E-state index is 12.5. The van der Waals surface area contributed by atoms with Gasteiger partial charge in [0.2, 0.25) is 5.91 Å². The van der Waals surface area contributed by atoms with E-state index in [0.29, 0.717) is 5.56 Å². The Bertz CT molecular complexity index is 786. The van der Waals surface area contributed by atoms with Crippen LogP contribution in [0.4, 0.5) is 5.69 Å². The number of hydrogen-bond acceptors (Lipinski definition) is 3. The number of anilines is 1. The first-order valence-corrected chi connectivity index (χ1v) is 8.51. The highest BCUT2D eigenvalue weighted by Gasteiger charge is 2.26. The van der Waals surface area contributed by atoms with Gasteiger partial charge in [-0.2, -0.15) is 0 Å². The van der Waals surface area contributed by atoms with Crippen LogP contribution in [0, 0.1) is 0 Å². The Hall–Kier alpha value is -2.82. The molecule has 1 atom stereocenters. The molecular formula is C20H23N3O2. The molecule has 0 aromatic heterocycles. The summed E-state index contributed by atoms with van der Waals surface area (Å²) >= 11 is 0. The summed E-state index contributed by atoms with van der Waals surface area (Å²) in [5.74, 6) is -0.691. The van der Waals surface area contributed by atoms with Crippen LogP contribution in [0.1, 0.15) is 40.2 Å². The number of nitrogens with zero attached hydrogens (tertiary/aromatic N) is 1. The SMILES string of the molecule is CN(C)c1cccc(C(=O)NNC(=O)[C@H]2CCCc3ccccc32)c1. The van der Waals surface area contributed by atoms with Crippen molar-refractivity contribution in [2.75, 3.05) is 19.0 Å². The molecule has 5 heteroatoms. The van der Waals surface area contributed by atoms with Gasteiger partial charge in [0, 0.05) is 25.3 Å². The summed E-state index contributed by atoms with van der Waals surface area (Å²) in [6.07, 6.45) is 2.78. The highest BCUT2D eigenvalue weighted by molar-refractivity contribution is 5.96. The fourth-order valence-corrected chi connectivity index (χ4v) is 3.23. The molecule has 0 saturated carbocycles. The molecule has 5 nitrogen and oxygen atoms in total. The Morgan fingerprint density at radius 1 is 1.04 bits per heavy atom. The third-order valence-corrected chi connectivity index (χ3v) is 4.61. The third kappa shape index (κ3) is 3.82. The van der Waals surface area contributed by atoms with Crippen LogP contribution >= 0.6 is 0 Å². The fraction of sp³-hybridized carbons (Fsp3) is 0.300. The zero-order chi connectivity index (χ0) is 17.8. The van der Waals surface area contributed by atoms with Crippen LogP contribution < -0.4 is 15.8 Å². The summed E-state index contributed by atoms with van der Waals surface area (Å²) in [4.78, 5) is 26.8. The van der Waals surface area contributed by atoms with Crippen LogP contribution in [0.5, 0.6) is 0 Å². The molecule has 0 unspecified atom stereocenters. The zero-order valence-corrected chi connectivity index (χ0v) is 14.6. The average molecular weight is 337 g/mol. The van der Waals surface area contributed by atoms with Gasteiger partial charge in [-0.15, -0.1) is 0 Å². The maximum atomic E-state index is 12.5. The molecule has 1 aliphatic carbocycles. The second-order valence-corrected chi connectivity index (χ2v) is 6.53. The number of hydrogen-bond donors (Lipinski definition) is 2. The zero-order valence-electron chi connectivity index (χ0n) is 14.6. The molecule has 130 valence electrons. The predicted molar refractivity (Wildman–Crippen MR) is 98.5 cm³/mol. The van der Waals surface area contributed by atoms with Gasteiger partial charge in [-0.3, -0.25) is 20.4 Å². The van der Waals surface area contributed by atoms with Gasteiger partial charge in [0.1, 0.15) is 0 Å². The fourth-order valence-electron chi connectivity index (χ4n) is 3.23. The smallest absolute Gasteiger partial charge is 0.269 e. The lowest BCUT2D eigenvalue weighted by Crippen LogP contribution is -2.44. The van der Waals surface area contributed by atoms with Gasteiger partial charge >= 0.3 is 0 Å². The molecule has 0 bridgehead atoms. The summed E-state index contributed by atoms with van der Waals surface area (Å²) in [5, 5.41) is 0. The molecule has 0 saturated heterocycles. The summed E-state index contributed by atoms with van der Waals surface area (Å²) < 4.78 is 0. The lowest BCUT2D eigenvalue weighted by atomic mass is 9.82. The summed E-state index contributed by atoms with van der Waals surface area (Å²) in [6.45, 7) is 0. The lowest BCUT2D eigenvalue weighted by Gasteiger charge is -2.24. The van der Waals surface area contributed by atoms with E-state index in [1.54, 1.807) is 12.1 Å². The Morgan fingerprint density at radius 2 is 1.84 bits per heavy atom. The van der Waals surface area contributed by atoms with Gasteiger partial charge in [0.05, 0.1) is 5.92 Å². The van der Waals surface area contributed by atoms with Crippen molar-refractivity contribution in [3.05, 3.63) is 65.2 Å². The van der Waals surface area contributed by atoms with Gasteiger partial charge in [0.25, 0.3) is 5.91 Å². The monoisotopic (exact) mass is 337 g/mol. The van der Waals surface area contributed by atoms with E-state index in [2.05, 4.69) is 16.9 Å². The minimum Gasteiger partial charge on any atom is -0.378 e. The van der Waals surface area contributed by atoms with Crippen LogP contribution in [0.2, 0.25) is 0 Å². The number of hydrazine groups is 1. The van der Waals surface area contributed by atoms with Gasteiger partial charge in [-0.25, -0.2) is 0 Å². The number of carbonyl (C=O) groups excluding carboxylic acids is 2. The van der Waals surface area contributed by atoms with Crippen LogP contribution in [-0.2, 0) is 11.2 Å². The van der Waals surface area contributed by atoms with E-state index in [1.807, 2.05) is 49.3 Å². The van der Waals surface area contributed by atoms with Crippen LogP contribution in [0.25, 0.3) is 0 Å². The van der Waals surface area contributed by atoms with E-state index in [1.165, 1.54) is 5.56 Å². The molecular weight excluding hydrogens is 314 g/mol. The van der Waals surface area contributed by atoms with Crippen LogP contribution in [0.15, 0.2) is 48.5 Å². The van der Waals surface area contributed by atoms with E-state index >= 15 is 0 Å². The molecule has 2 aromatic carbocycles. The van der Waals surface area contributed by atoms with Crippen LogP contribution in [-0.4, -0.2) is 25.9 Å². The molecule has 3 rings (SSSR count). The number of rotatable bonds is 3. The van der Waals surface area contributed by atoms with E-state index < -0.39 is 0 Å². The Kier molecular flexibility index (Phi) is 5.03. The maximum Gasteiger partial charge on any atom is 0.269 e. The molecule has 0 spiro atoms. The molecule has 1 aliphatic rings. The average Bonchev–Trinajstić information content (AvgIpc) is 2.65. The van der Waals surface area contributed by atoms with E-state index in [0.717, 1.165) is 30.5 Å². The van der Waals surface area contributed by atoms with E-state index in [9.17, 15) is 9.59 Å². The van der Waals surface area contributed by atoms with Crippen molar-refractivity contribution in [3.8, 4) is 0 Å². The molecule has 25 heavy (non-hydrogen) atoms. The third-order valence-electron chi connectivity index (χ3n) is 4.61. The van der Waals surface area contributed by atoms with Crippen molar-refractivity contribution in [2.24, 2.45) is 0 Å². The minimum atomic E-state index is -0.318. The van der Waals surface area contributed by atoms with E-state index in [-0.39, 0.29) is 17.7 Å². The second-order valence-electron chi connectivity index (χ2n) is 6.53. The number of aryl methyl sites for hydroxylation is 1. The summed E-state index contributed by atoms with van der Waals surface area (Å²) in [6, 6.07) is 15.3. The number of amides is 2. The first kappa shape index (κ1) is 17.0. The van der Waals surface area contributed by atoms with Gasteiger partial charge in [-0.05, 0) is 48.6 Å². The number of nitrogens with one attached hydrogen (secondary N) is 2. The second kappa shape index (κ2) is 7.38. The highest BCUT2D eigenvalue weighted by Crippen LogP contribution is 2.31. The summed E-state index contributed by atoms with van der Waals surface area (Å²) in [7, 11) is 3.83. The first-order valence-electron chi connectivity index (χ1n) is 8.51. The molecule has 0 aliphatic heterocycles. The standard InChI is InChI=1S/C20H23N3O2/c1-23(2)16-10-5-9-15(13-16)19(24)21-22-20(25)18-12-6-8-14-7-3-4-11-17(14)18/h3-5,7,9-11,13,18H,6,8,12H2,1-2H3,(H,21,24)(H,22,25)/t18-/m0/s1. The van der Waals surface area contributed by atoms with Crippen molar-refractivity contribution in [1.82, 2.24) is 10.9 Å².